The molecule has 3 nitrogen and oxygen atoms in total. The van der Waals surface area contributed by atoms with Crippen LogP contribution in [0, 0.1) is 0 Å². The summed E-state index contributed by atoms with van der Waals surface area (Å²) in [7, 11) is 0. The van der Waals surface area contributed by atoms with Crippen molar-refractivity contribution < 1.29 is 13.5 Å². The Hall–Kier alpha value is -0.870. The van der Waals surface area contributed by atoms with E-state index in [1.54, 1.807) is 0 Å². The van der Waals surface area contributed by atoms with Crippen molar-refractivity contribution >= 4 is 11.1 Å². The molecule has 0 saturated heterocycles. The first-order valence-corrected chi connectivity index (χ1v) is 6.29. The minimum Gasteiger partial charge on any atom is -0.493 e. The fourth-order valence-corrected chi connectivity index (χ4v) is 1.65. The summed E-state index contributed by atoms with van der Waals surface area (Å²) in [5, 5.41) is 0. The molecule has 1 atom stereocenters. The van der Waals surface area contributed by atoms with Crippen LogP contribution in [0.4, 0.5) is 0 Å². The van der Waals surface area contributed by atoms with E-state index in [1.165, 1.54) is 0 Å². The van der Waals surface area contributed by atoms with Crippen LogP contribution < -0.4 is 4.74 Å². The highest BCUT2D eigenvalue weighted by molar-refractivity contribution is 7.79. The third kappa shape index (κ3) is 4.44. The summed E-state index contributed by atoms with van der Waals surface area (Å²) >= 11 is -1.74. The van der Waals surface area contributed by atoms with E-state index in [0.717, 1.165) is 17.7 Å². The fourth-order valence-electron chi connectivity index (χ4n) is 1.26. The standard InChI is InChI=1S/C11H16O3S/c1-2-8-14-11-6-4-3-5-10(11)7-9-15(12)13/h3-6H,2,7-9H2,1H3,(H,12,13). The van der Waals surface area contributed by atoms with Crippen LogP contribution >= 0.6 is 0 Å². The van der Waals surface area contributed by atoms with Crippen LogP contribution in [-0.4, -0.2) is 21.1 Å². The average molecular weight is 228 g/mol. The van der Waals surface area contributed by atoms with E-state index in [2.05, 4.69) is 0 Å². The molecule has 0 spiro atoms. The first-order valence-electron chi connectivity index (χ1n) is 5.02. The van der Waals surface area contributed by atoms with Crippen LogP contribution in [0.1, 0.15) is 18.9 Å². The van der Waals surface area contributed by atoms with E-state index < -0.39 is 11.1 Å². The number of rotatable bonds is 6. The summed E-state index contributed by atoms with van der Waals surface area (Å²) in [5.74, 6) is 1.08. The van der Waals surface area contributed by atoms with Crippen molar-refractivity contribution in [3.63, 3.8) is 0 Å². The molecule has 1 aromatic carbocycles. The van der Waals surface area contributed by atoms with Crippen molar-refractivity contribution in [2.24, 2.45) is 0 Å². The Kier molecular flexibility index (Phi) is 5.36. The molecule has 0 saturated carbocycles. The largest absolute Gasteiger partial charge is 0.493 e. The van der Waals surface area contributed by atoms with Crippen LogP contribution in [0.2, 0.25) is 0 Å². The maximum Gasteiger partial charge on any atom is 0.153 e. The van der Waals surface area contributed by atoms with Crippen LogP contribution in [0.15, 0.2) is 24.3 Å². The topological polar surface area (TPSA) is 46.5 Å². The summed E-state index contributed by atoms with van der Waals surface area (Å²) in [4.78, 5) is 0. The number of ether oxygens (including phenoxy) is 1. The number of benzene rings is 1. The van der Waals surface area contributed by atoms with Crippen molar-refractivity contribution in [1.82, 2.24) is 0 Å². The zero-order chi connectivity index (χ0) is 11.1. The predicted molar refractivity (Wildman–Crippen MR) is 61.6 cm³/mol. The Bertz CT molecular complexity index is 325. The summed E-state index contributed by atoms with van der Waals surface area (Å²) in [6.07, 6.45) is 1.53. The van der Waals surface area contributed by atoms with Crippen LogP contribution in [0.25, 0.3) is 0 Å². The third-order valence-corrected chi connectivity index (χ3v) is 2.53. The lowest BCUT2D eigenvalue weighted by Crippen LogP contribution is -2.03. The quantitative estimate of drug-likeness (QED) is 0.759. The first kappa shape index (κ1) is 12.2. The van der Waals surface area contributed by atoms with E-state index in [0.29, 0.717) is 13.0 Å². The van der Waals surface area contributed by atoms with Gasteiger partial charge in [0.25, 0.3) is 0 Å². The highest BCUT2D eigenvalue weighted by Crippen LogP contribution is 2.18. The second-order valence-corrected chi connectivity index (χ2v) is 4.28. The molecule has 0 aromatic heterocycles. The van der Waals surface area contributed by atoms with Gasteiger partial charge in [0.1, 0.15) is 5.75 Å². The highest BCUT2D eigenvalue weighted by atomic mass is 32.2. The second-order valence-electron chi connectivity index (χ2n) is 3.23. The highest BCUT2D eigenvalue weighted by Gasteiger charge is 2.03. The maximum absolute atomic E-state index is 10.6. The molecule has 0 fully saturated rings. The minimum absolute atomic E-state index is 0.256. The maximum atomic E-state index is 10.6. The van der Waals surface area contributed by atoms with E-state index in [9.17, 15) is 4.21 Å². The smallest absolute Gasteiger partial charge is 0.153 e. The van der Waals surface area contributed by atoms with Gasteiger partial charge >= 0.3 is 0 Å². The van der Waals surface area contributed by atoms with E-state index in [-0.39, 0.29) is 5.75 Å². The molecular weight excluding hydrogens is 212 g/mol. The van der Waals surface area contributed by atoms with Gasteiger partial charge < -0.3 is 9.29 Å². The molecule has 0 radical (unpaired) electrons. The molecular formula is C11H16O3S. The van der Waals surface area contributed by atoms with Gasteiger partial charge in [-0.3, -0.25) is 0 Å². The number of hydrogen-bond donors (Lipinski definition) is 1. The van der Waals surface area contributed by atoms with Crippen LogP contribution in [0.5, 0.6) is 5.75 Å². The van der Waals surface area contributed by atoms with Crippen molar-refractivity contribution in [3.8, 4) is 5.75 Å². The molecule has 0 bridgehead atoms. The SMILES string of the molecule is CCCOc1ccccc1CCS(=O)O. The molecule has 0 aliphatic carbocycles. The minimum atomic E-state index is -1.74. The molecule has 0 aliphatic rings. The molecule has 0 amide bonds. The van der Waals surface area contributed by atoms with Crippen molar-refractivity contribution in [3.05, 3.63) is 29.8 Å². The van der Waals surface area contributed by atoms with Gasteiger partial charge in [0.05, 0.1) is 12.4 Å². The molecule has 15 heavy (non-hydrogen) atoms. The van der Waals surface area contributed by atoms with Gasteiger partial charge in [0.15, 0.2) is 11.1 Å². The molecule has 1 N–H and O–H groups in total. The third-order valence-electron chi connectivity index (χ3n) is 1.98. The average Bonchev–Trinajstić information content (AvgIpc) is 2.24. The van der Waals surface area contributed by atoms with Gasteiger partial charge in [-0.2, -0.15) is 0 Å². The van der Waals surface area contributed by atoms with Crippen molar-refractivity contribution in [2.75, 3.05) is 12.4 Å². The molecule has 1 aromatic rings. The Morgan fingerprint density at radius 1 is 1.40 bits per heavy atom. The Morgan fingerprint density at radius 3 is 2.80 bits per heavy atom. The molecule has 4 heteroatoms. The van der Waals surface area contributed by atoms with Gasteiger partial charge in [-0.1, -0.05) is 25.1 Å². The van der Waals surface area contributed by atoms with E-state index >= 15 is 0 Å². The monoisotopic (exact) mass is 228 g/mol. The predicted octanol–water partition coefficient (Wildman–Crippen LogP) is 2.24. The normalized spacial score (nSPS) is 12.4. The van der Waals surface area contributed by atoms with E-state index in [1.807, 2.05) is 31.2 Å². The summed E-state index contributed by atoms with van der Waals surface area (Å²) in [6.45, 7) is 2.73. The Morgan fingerprint density at radius 2 is 2.13 bits per heavy atom. The summed E-state index contributed by atoms with van der Waals surface area (Å²) in [6, 6.07) is 7.64. The zero-order valence-corrected chi connectivity index (χ0v) is 9.63. The number of para-hydroxylation sites is 1. The molecule has 0 heterocycles. The van der Waals surface area contributed by atoms with Gasteiger partial charge in [-0.15, -0.1) is 0 Å². The number of hydrogen-bond acceptors (Lipinski definition) is 2. The molecule has 84 valence electrons. The van der Waals surface area contributed by atoms with Gasteiger partial charge in [-0.05, 0) is 24.5 Å². The lowest BCUT2D eigenvalue weighted by molar-refractivity contribution is 0.314. The first-order chi connectivity index (χ1) is 7.24. The summed E-state index contributed by atoms with van der Waals surface area (Å²) < 4.78 is 24.8. The van der Waals surface area contributed by atoms with Crippen LogP contribution in [-0.2, 0) is 17.5 Å². The van der Waals surface area contributed by atoms with Gasteiger partial charge in [-0.25, -0.2) is 4.21 Å². The fraction of sp³-hybridized carbons (Fsp3) is 0.455. The number of aryl methyl sites for hydroxylation is 1. The van der Waals surface area contributed by atoms with Crippen LogP contribution in [0.3, 0.4) is 0 Å². The molecule has 0 aliphatic heterocycles. The lowest BCUT2D eigenvalue weighted by atomic mass is 10.1. The summed E-state index contributed by atoms with van der Waals surface area (Å²) in [5.41, 5.74) is 0.994. The van der Waals surface area contributed by atoms with Crippen molar-refractivity contribution in [1.29, 1.82) is 0 Å². The lowest BCUT2D eigenvalue weighted by Gasteiger charge is -2.09. The van der Waals surface area contributed by atoms with E-state index in [4.69, 9.17) is 9.29 Å². The Balaban J connectivity index is 2.63. The zero-order valence-electron chi connectivity index (χ0n) is 8.81. The van der Waals surface area contributed by atoms with Gasteiger partial charge in [0, 0.05) is 0 Å². The Labute approximate surface area is 92.7 Å². The molecule has 1 unspecified atom stereocenters. The molecule has 1 rings (SSSR count). The van der Waals surface area contributed by atoms with Crippen molar-refractivity contribution in [2.45, 2.75) is 19.8 Å². The van der Waals surface area contributed by atoms with Gasteiger partial charge in [0.2, 0.25) is 0 Å². The second kappa shape index (κ2) is 6.58.